The van der Waals surface area contributed by atoms with Gasteiger partial charge in [0.25, 0.3) is 0 Å². The van der Waals surface area contributed by atoms with Crippen molar-refractivity contribution in [2.24, 2.45) is 5.73 Å². The molecule has 1 aromatic heterocycles. The lowest BCUT2D eigenvalue weighted by Gasteiger charge is -2.31. The van der Waals surface area contributed by atoms with E-state index in [0.29, 0.717) is 12.3 Å². The Morgan fingerprint density at radius 1 is 1.28 bits per heavy atom. The van der Waals surface area contributed by atoms with Gasteiger partial charge in [-0.15, -0.1) is 0 Å². The predicted molar refractivity (Wildman–Crippen MR) is 104 cm³/mol. The second-order valence-corrected chi connectivity index (χ2v) is 7.37. The molecule has 0 saturated carbocycles. The van der Waals surface area contributed by atoms with E-state index in [4.69, 9.17) is 5.73 Å². The molecule has 2 aromatic rings. The first-order valence-corrected chi connectivity index (χ1v) is 9.27. The SMILES string of the molecule is C=C(C)Cn1cc(C2CCN(CCCC(N)=O)CC2)c2ccccc21. The summed E-state index contributed by atoms with van der Waals surface area (Å²) < 4.78 is 2.34. The Hall–Kier alpha value is -2.07. The number of hydrogen-bond donors (Lipinski definition) is 1. The van der Waals surface area contributed by atoms with E-state index >= 15 is 0 Å². The van der Waals surface area contributed by atoms with E-state index in [-0.39, 0.29) is 5.91 Å². The Balaban J connectivity index is 1.69. The number of fused-ring (bicyclic) bond motifs is 1. The number of hydrogen-bond acceptors (Lipinski definition) is 2. The Labute approximate surface area is 150 Å². The van der Waals surface area contributed by atoms with Crippen molar-refractivity contribution in [3.63, 3.8) is 0 Å². The highest BCUT2D eigenvalue weighted by Gasteiger charge is 2.23. The average Bonchev–Trinajstić information content (AvgIpc) is 2.93. The van der Waals surface area contributed by atoms with Gasteiger partial charge in [-0.3, -0.25) is 4.79 Å². The van der Waals surface area contributed by atoms with E-state index in [1.54, 1.807) is 0 Å². The molecule has 1 saturated heterocycles. The molecule has 4 nitrogen and oxygen atoms in total. The molecule has 2 N–H and O–H groups in total. The maximum absolute atomic E-state index is 10.9. The van der Waals surface area contributed by atoms with E-state index < -0.39 is 0 Å². The average molecular weight is 339 g/mol. The highest BCUT2D eigenvalue weighted by atomic mass is 16.1. The molecule has 0 bridgehead atoms. The number of piperidine rings is 1. The maximum Gasteiger partial charge on any atom is 0.217 e. The molecule has 1 aromatic carbocycles. The molecule has 1 aliphatic rings. The van der Waals surface area contributed by atoms with Crippen molar-refractivity contribution in [2.45, 2.75) is 45.1 Å². The maximum atomic E-state index is 10.9. The second-order valence-electron chi connectivity index (χ2n) is 7.37. The third kappa shape index (κ3) is 4.31. The lowest BCUT2D eigenvalue weighted by atomic mass is 9.89. The van der Waals surface area contributed by atoms with Gasteiger partial charge in [0.2, 0.25) is 5.91 Å². The molecule has 0 unspecified atom stereocenters. The van der Waals surface area contributed by atoms with Crippen LogP contribution in [0.2, 0.25) is 0 Å². The quantitative estimate of drug-likeness (QED) is 0.783. The number of carbonyl (C=O) groups excluding carboxylic acids is 1. The van der Waals surface area contributed by atoms with Gasteiger partial charge in [-0.1, -0.05) is 30.4 Å². The zero-order valence-corrected chi connectivity index (χ0v) is 15.2. The lowest BCUT2D eigenvalue weighted by molar-refractivity contribution is -0.118. The molecule has 1 fully saturated rings. The number of allylic oxidation sites excluding steroid dienone is 1. The third-order valence-electron chi connectivity index (χ3n) is 5.18. The van der Waals surface area contributed by atoms with Gasteiger partial charge >= 0.3 is 0 Å². The summed E-state index contributed by atoms with van der Waals surface area (Å²) in [6.07, 6.45) is 6.06. The van der Waals surface area contributed by atoms with Crippen LogP contribution in [-0.4, -0.2) is 35.0 Å². The van der Waals surface area contributed by atoms with Crippen LogP contribution < -0.4 is 5.73 Å². The first-order chi connectivity index (χ1) is 12.0. The van der Waals surface area contributed by atoms with Crippen molar-refractivity contribution in [1.29, 1.82) is 0 Å². The van der Waals surface area contributed by atoms with E-state index in [9.17, 15) is 4.79 Å². The number of para-hydroxylation sites is 1. The summed E-state index contributed by atoms with van der Waals surface area (Å²) >= 11 is 0. The Morgan fingerprint density at radius 2 is 2.00 bits per heavy atom. The molecule has 0 radical (unpaired) electrons. The molecule has 0 atom stereocenters. The van der Waals surface area contributed by atoms with Gasteiger partial charge in [-0.2, -0.15) is 0 Å². The molecular formula is C21H29N3O. The van der Waals surface area contributed by atoms with Crippen molar-refractivity contribution in [3.8, 4) is 0 Å². The van der Waals surface area contributed by atoms with Gasteiger partial charge in [-0.25, -0.2) is 0 Å². The number of amides is 1. The number of rotatable bonds is 7. The second kappa shape index (κ2) is 7.87. The van der Waals surface area contributed by atoms with Gasteiger partial charge in [-0.05, 0) is 63.4 Å². The zero-order chi connectivity index (χ0) is 17.8. The van der Waals surface area contributed by atoms with Crippen LogP contribution in [-0.2, 0) is 11.3 Å². The molecule has 1 aliphatic heterocycles. The van der Waals surface area contributed by atoms with Crippen LogP contribution in [0.15, 0.2) is 42.6 Å². The third-order valence-corrected chi connectivity index (χ3v) is 5.18. The summed E-state index contributed by atoms with van der Waals surface area (Å²) in [5, 5.41) is 1.39. The first-order valence-electron chi connectivity index (χ1n) is 9.27. The molecular weight excluding hydrogens is 310 g/mol. The Bertz CT molecular complexity index is 754. The number of carbonyl (C=O) groups is 1. The van der Waals surface area contributed by atoms with Crippen LogP contribution in [0.25, 0.3) is 10.9 Å². The standard InChI is InChI=1S/C21H29N3O/c1-16(2)14-24-15-19(18-6-3-4-7-20(18)24)17-9-12-23(13-10-17)11-5-8-21(22)25/h3-4,6-7,15,17H,1,5,8-14H2,2H3,(H2,22,25). The number of nitrogens with zero attached hydrogens (tertiary/aromatic N) is 2. The number of benzene rings is 1. The lowest BCUT2D eigenvalue weighted by Crippen LogP contribution is -2.34. The number of aromatic nitrogens is 1. The summed E-state index contributed by atoms with van der Waals surface area (Å²) in [7, 11) is 0. The summed E-state index contributed by atoms with van der Waals surface area (Å²) in [6, 6.07) is 8.71. The van der Waals surface area contributed by atoms with E-state index in [2.05, 4.69) is 53.4 Å². The van der Waals surface area contributed by atoms with Crippen LogP contribution in [0, 0.1) is 0 Å². The van der Waals surface area contributed by atoms with Gasteiger partial charge in [0.05, 0.1) is 0 Å². The highest BCUT2D eigenvalue weighted by Crippen LogP contribution is 2.34. The number of likely N-dealkylation sites (tertiary alicyclic amines) is 1. The smallest absolute Gasteiger partial charge is 0.217 e. The summed E-state index contributed by atoms with van der Waals surface area (Å²) in [5.74, 6) is 0.420. The van der Waals surface area contributed by atoms with Gasteiger partial charge in [0.15, 0.2) is 0 Å². The minimum Gasteiger partial charge on any atom is -0.370 e. The molecule has 25 heavy (non-hydrogen) atoms. The predicted octanol–water partition coefficient (Wildman–Crippen LogP) is 3.66. The first kappa shape index (κ1) is 17.7. The van der Waals surface area contributed by atoms with Crippen LogP contribution >= 0.6 is 0 Å². The summed E-state index contributed by atoms with van der Waals surface area (Å²) in [5.41, 5.74) is 9.20. The van der Waals surface area contributed by atoms with Crippen LogP contribution in [0.5, 0.6) is 0 Å². The van der Waals surface area contributed by atoms with Crippen LogP contribution in [0.1, 0.15) is 44.1 Å². The molecule has 3 rings (SSSR count). The number of primary amides is 1. The molecule has 0 aliphatic carbocycles. The van der Waals surface area contributed by atoms with Crippen molar-refractivity contribution < 1.29 is 4.79 Å². The van der Waals surface area contributed by atoms with Crippen molar-refractivity contribution >= 4 is 16.8 Å². The fourth-order valence-corrected chi connectivity index (χ4v) is 3.97. The van der Waals surface area contributed by atoms with E-state index in [1.165, 1.54) is 34.9 Å². The molecule has 2 heterocycles. The largest absolute Gasteiger partial charge is 0.370 e. The Kier molecular flexibility index (Phi) is 5.59. The normalized spacial score (nSPS) is 16.4. The van der Waals surface area contributed by atoms with E-state index in [1.807, 2.05) is 0 Å². The topological polar surface area (TPSA) is 51.3 Å². The van der Waals surface area contributed by atoms with Crippen LogP contribution in [0.4, 0.5) is 0 Å². The summed E-state index contributed by atoms with van der Waals surface area (Å²) in [6.45, 7) is 10.2. The van der Waals surface area contributed by atoms with Gasteiger partial charge in [0, 0.05) is 30.1 Å². The fraction of sp³-hybridized carbons (Fsp3) is 0.476. The fourth-order valence-electron chi connectivity index (χ4n) is 3.97. The molecule has 0 spiro atoms. The van der Waals surface area contributed by atoms with Crippen molar-refractivity contribution in [1.82, 2.24) is 9.47 Å². The monoisotopic (exact) mass is 339 g/mol. The molecule has 1 amide bonds. The zero-order valence-electron chi connectivity index (χ0n) is 15.2. The van der Waals surface area contributed by atoms with Crippen LogP contribution in [0.3, 0.4) is 0 Å². The van der Waals surface area contributed by atoms with Gasteiger partial charge < -0.3 is 15.2 Å². The van der Waals surface area contributed by atoms with Crippen molar-refractivity contribution in [3.05, 3.63) is 48.2 Å². The summed E-state index contributed by atoms with van der Waals surface area (Å²) in [4.78, 5) is 13.3. The Morgan fingerprint density at radius 3 is 2.68 bits per heavy atom. The minimum atomic E-state index is -0.194. The van der Waals surface area contributed by atoms with E-state index in [0.717, 1.165) is 32.6 Å². The minimum absolute atomic E-state index is 0.194. The van der Waals surface area contributed by atoms with Gasteiger partial charge in [0.1, 0.15) is 0 Å². The van der Waals surface area contributed by atoms with Crippen molar-refractivity contribution in [2.75, 3.05) is 19.6 Å². The number of nitrogens with two attached hydrogens (primary N) is 1. The molecule has 4 heteroatoms. The molecule has 134 valence electrons. The highest BCUT2D eigenvalue weighted by molar-refractivity contribution is 5.84.